The fourth-order valence-electron chi connectivity index (χ4n) is 5.69. The number of halogens is 38. The van der Waals surface area contributed by atoms with E-state index < -0.39 is 208 Å². The molecule has 56 heteroatoms. The fourth-order valence-corrected chi connectivity index (χ4v) is 10.5. The summed E-state index contributed by atoms with van der Waals surface area (Å²) in [6.07, 6.45) is -71.1. The molecule has 0 fully saturated rings. The Hall–Kier alpha value is -1.59. The van der Waals surface area contributed by atoms with Crippen LogP contribution in [0.4, 0.5) is 154 Å². The van der Waals surface area contributed by atoms with Crippen LogP contribution < -0.4 is 39.8 Å². The first-order valence-corrected chi connectivity index (χ1v) is 33.7. The molecular formula is C42H52Cl2F35IN3NaO10S4. The minimum absolute atomic E-state index is 0. The molecule has 98 heavy (non-hydrogen) atoms. The molecule has 0 radical (unpaired) electrons. The van der Waals surface area contributed by atoms with E-state index in [1.807, 2.05) is 0 Å². The number of nitrogens with zero attached hydrogens (tertiary/aromatic N) is 3. The number of carbonyl (C=O) groups is 2. The number of hydrogen-bond donors (Lipinski definition) is 0. The van der Waals surface area contributed by atoms with Gasteiger partial charge in [0.05, 0.1) is 67.2 Å². The zero-order chi connectivity index (χ0) is 79.8. The SMILES string of the molecule is CN(C)CCCCS(=O)(=O)CCC(F)(C(F)(F)F)C(F)(F)F.C[N+](C)(CCCCS(=O)(=O)CCC(F)(C(F)(F)F)C(F)(F)F)CC(=O)[O-].FC(F)(F)C(F)(CCI)C(F)(F)F.N#CSCCC(F)(C(F)(F)F)C(F)(F)F.O=C([O-])CCl.O=S(=O)(Cl)CCC(F)(C(F)(F)F)C(F)(F)F.[Na+]. The quantitative estimate of drug-likeness (QED) is 0.0110. The first kappa shape index (κ1) is 110. The summed E-state index contributed by atoms with van der Waals surface area (Å²) in [7, 11) is -2.29. The van der Waals surface area contributed by atoms with Gasteiger partial charge in [0.15, 0.2) is 0 Å². The van der Waals surface area contributed by atoms with Crippen molar-refractivity contribution in [3.05, 3.63) is 0 Å². The fraction of sp³-hybridized carbons (Fsp3) is 0.929. The predicted octanol–water partition coefficient (Wildman–Crippen LogP) is 10.0. The second-order valence-electron chi connectivity index (χ2n) is 19.8. The van der Waals surface area contributed by atoms with Crippen LogP contribution in [0, 0.1) is 10.7 Å². The molecule has 0 aromatic carbocycles. The third-order valence-corrected chi connectivity index (χ3v) is 17.1. The number of unbranched alkanes of at least 4 members (excludes halogenated alkanes) is 2. The van der Waals surface area contributed by atoms with E-state index in [0.29, 0.717) is 13.0 Å². The summed E-state index contributed by atoms with van der Waals surface area (Å²) in [6.45, 7) is 0.365. The summed E-state index contributed by atoms with van der Waals surface area (Å²) in [5, 5.41) is 28.8. The molecule has 0 N–H and O–H groups in total. The summed E-state index contributed by atoms with van der Waals surface area (Å²) >= 11 is 6.06. The van der Waals surface area contributed by atoms with Gasteiger partial charge >= 0.3 is 91.3 Å². The van der Waals surface area contributed by atoms with Crippen LogP contribution in [0.25, 0.3) is 0 Å². The number of nitriles is 1. The number of rotatable bonds is 27. The molecule has 0 aromatic rings. The van der Waals surface area contributed by atoms with E-state index in [1.54, 1.807) is 19.0 Å². The number of aliphatic carboxylic acids is 2. The summed E-state index contributed by atoms with van der Waals surface area (Å²) in [5.41, 5.74) is -27.0. The smallest absolute Gasteiger partial charge is 0.549 e. The van der Waals surface area contributed by atoms with Crippen LogP contribution in [-0.2, 0) is 38.3 Å². The van der Waals surface area contributed by atoms with Gasteiger partial charge in [0, 0.05) is 53.0 Å². The van der Waals surface area contributed by atoms with Crippen molar-refractivity contribution in [2.24, 2.45) is 0 Å². The van der Waals surface area contributed by atoms with Crippen LogP contribution in [0.15, 0.2) is 0 Å². The largest absolute Gasteiger partial charge is 1.00 e. The zero-order valence-electron chi connectivity index (χ0n) is 49.6. The molecule has 0 aliphatic rings. The predicted molar refractivity (Wildman–Crippen MR) is 276 cm³/mol. The Morgan fingerprint density at radius 1 is 0.449 bits per heavy atom. The van der Waals surface area contributed by atoms with Gasteiger partial charge in [-0.05, 0) is 58.1 Å². The van der Waals surface area contributed by atoms with Crippen molar-refractivity contribution < 1.29 is 233 Å². The average Bonchev–Trinajstić information content (AvgIpc) is 0.808. The molecule has 0 aromatic heterocycles. The van der Waals surface area contributed by atoms with E-state index in [2.05, 4.69) is 22.3 Å². The van der Waals surface area contributed by atoms with Crippen LogP contribution >= 0.6 is 56.6 Å². The van der Waals surface area contributed by atoms with Gasteiger partial charge in [0.1, 0.15) is 31.6 Å². The second-order valence-corrected chi connectivity index (χ2v) is 29.6. The van der Waals surface area contributed by atoms with Crippen molar-refractivity contribution in [3.63, 3.8) is 0 Å². The maximum absolute atomic E-state index is 13.4. The minimum Gasteiger partial charge on any atom is -0.549 e. The number of hydrogen-bond acceptors (Lipinski definition) is 13. The minimum atomic E-state index is -6.28. The number of carbonyl (C=O) groups excluding carboxylic acids is 2. The van der Waals surface area contributed by atoms with Crippen molar-refractivity contribution in [1.29, 1.82) is 5.26 Å². The summed E-state index contributed by atoms with van der Waals surface area (Å²) in [5.74, 6) is -10.1. The van der Waals surface area contributed by atoms with Crippen molar-refractivity contribution in [2.75, 3.05) is 92.6 Å². The van der Waals surface area contributed by atoms with Crippen molar-refractivity contribution in [1.82, 2.24) is 4.90 Å². The topological polar surface area (TPSA) is 210 Å². The normalized spacial score (nSPS) is 14.1. The Kier molecular flexibility index (Phi) is 46.3. The van der Waals surface area contributed by atoms with Crippen LogP contribution in [0.3, 0.4) is 0 Å². The van der Waals surface area contributed by atoms with Crippen molar-refractivity contribution in [3.8, 4) is 5.40 Å². The van der Waals surface area contributed by atoms with Crippen molar-refractivity contribution >= 4 is 97.3 Å². The van der Waals surface area contributed by atoms with Gasteiger partial charge in [0.2, 0.25) is 9.05 Å². The van der Waals surface area contributed by atoms with Gasteiger partial charge in [0.25, 0.3) is 28.3 Å². The molecule has 0 aliphatic carbocycles. The molecule has 0 saturated heterocycles. The van der Waals surface area contributed by atoms with Gasteiger partial charge < -0.3 is 29.2 Å². The first-order valence-electron chi connectivity index (χ1n) is 24.5. The standard InChI is InChI=1S/C13H20F7NO4S.C11H18F7NO2S.C6H4F7NS.C5H4ClF7O2S.C5H4F7I.C2H3ClO2.Na/c1-21(2,9-10(22)23)6-3-4-7-26(24,25)8-5-11(14,12(15,16)17)13(18,19)20;1-19(2)6-3-4-7-22(20,21)8-5-9(12,10(13,14)15)11(16,17)18;7-4(5(8,9)10,6(11,12)13)1-2-15-3-14;6-16(14,15)2-1-3(7,4(8,9)10)5(11,12)13;6-3(1-2-13,4(7,8)9)5(10,11)12;3-1-2(4)5;/h3-9H2,1-2H3;3-8H2,1-2H3;1-2H2;1-2H2;1-2H2;1H2,(H,4,5);/q;;;;;;+1/p-1. The third kappa shape index (κ3) is 40.1. The number of thiocyanates is 1. The number of likely N-dealkylation sites (N-methyl/N-ethyl adjacent to an activating group) is 1. The molecule has 0 unspecified atom stereocenters. The number of quaternary nitrogens is 1. The molecule has 0 amide bonds. The van der Waals surface area contributed by atoms with Crippen LogP contribution in [0.1, 0.15) is 57.8 Å². The van der Waals surface area contributed by atoms with Crippen molar-refractivity contribution in [2.45, 2.75) is 148 Å². The molecule has 0 atom stereocenters. The number of thioether (sulfide) groups is 1. The van der Waals surface area contributed by atoms with Gasteiger partial charge in [-0.15, -0.1) is 11.6 Å². The van der Waals surface area contributed by atoms with E-state index >= 15 is 0 Å². The van der Waals surface area contributed by atoms with Gasteiger partial charge in [-0.1, -0.05) is 22.6 Å². The number of carboxylic acid groups (broad SMARTS) is 2. The third-order valence-electron chi connectivity index (χ3n) is 11.2. The zero-order valence-corrected chi connectivity index (χ0v) is 58.5. The summed E-state index contributed by atoms with van der Waals surface area (Å²) < 4.78 is 491. The number of alkyl halides is 37. The molecule has 0 spiro atoms. The molecule has 0 aliphatic heterocycles. The molecule has 13 nitrogen and oxygen atoms in total. The Bertz CT molecular complexity index is 2670. The molecule has 0 saturated carbocycles. The molecule has 0 rings (SSSR count). The molecule has 0 bridgehead atoms. The molecular weight excluding hydrogens is 1720 g/mol. The summed E-state index contributed by atoms with van der Waals surface area (Å²) in [4.78, 5) is 21.4. The first-order chi connectivity index (χ1) is 42.1. The second kappa shape index (κ2) is 41.3. The van der Waals surface area contributed by atoms with Crippen LogP contribution in [0.2, 0.25) is 0 Å². The summed E-state index contributed by atoms with van der Waals surface area (Å²) in [6, 6.07) is 0. The monoisotopic (exact) mass is 1770 g/mol. The van der Waals surface area contributed by atoms with E-state index in [4.69, 9.17) is 15.2 Å². The van der Waals surface area contributed by atoms with E-state index in [9.17, 15) is 189 Å². The Balaban J connectivity index is -0.000000211. The number of carboxylic acids is 2. The Labute approximate surface area is 582 Å². The number of sulfone groups is 2. The Morgan fingerprint density at radius 3 is 0.898 bits per heavy atom. The molecule has 0 heterocycles. The van der Waals surface area contributed by atoms with Gasteiger partial charge in [-0.25, -0.2) is 47.2 Å². The van der Waals surface area contributed by atoms with E-state index in [-0.39, 0.29) is 78.2 Å². The molecule has 586 valence electrons. The van der Waals surface area contributed by atoms with Crippen LogP contribution in [-0.4, -0.2) is 229 Å². The van der Waals surface area contributed by atoms with E-state index in [1.165, 1.54) is 42.1 Å². The van der Waals surface area contributed by atoms with Gasteiger partial charge in [-0.2, -0.15) is 137 Å². The van der Waals surface area contributed by atoms with Gasteiger partial charge in [-0.3, -0.25) is 0 Å². The maximum Gasteiger partial charge on any atom is 1.00 e. The Morgan fingerprint density at radius 2 is 0.694 bits per heavy atom. The average molecular weight is 1770 g/mol. The maximum atomic E-state index is 13.4. The van der Waals surface area contributed by atoms with Crippen LogP contribution in [0.5, 0.6) is 0 Å². The van der Waals surface area contributed by atoms with E-state index in [0.717, 1.165) is 0 Å².